The van der Waals surface area contributed by atoms with Crippen molar-refractivity contribution in [3.8, 4) is 0 Å². The third-order valence-electron chi connectivity index (χ3n) is 5.14. The lowest BCUT2D eigenvalue weighted by Gasteiger charge is -2.46. The summed E-state index contributed by atoms with van der Waals surface area (Å²) >= 11 is 0. The highest BCUT2D eigenvalue weighted by Crippen LogP contribution is 2.35. The van der Waals surface area contributed by atoms with Crippen LogP contribution < -0.4 is 5.32 Å². The standard InChI is InChI=1S/C16H30N2O2/c1-4-17-16(15(19)20-3)10-7-9-14(12-16)18-11-6-5-8-13(18)2/h13-14,17H,4-12H2,1-3H3. The number of piperidine rings is 1. The Morgan fingerprint density at radius 2 is 2.15 bits per heavy atom. The van der Waals surface area contributed by atoms with Gasteiger partial charge in [-0.25, -0.2) is 0 Å². The van der Waals surface area contributed by atoms with Crippen LogP contribution >= 0.6 is 0 Å². The number of rotatable bonds is 4. The number of nitrogens with one attached hydrogen (secondary N) is 1. The van der Waals surface area contributed by atoms with E-state index in [1.54, 1.807) is 0 Å². The number of hydrogen-bond donors (Lipinski definition) is 1. The third kappa shape index (κ3) is 3.17. The highest BCUT2D eigenvalue weighted by molar-refractivity contribution is 5.81. The second-order valence-corrected chi connectivity index (χ2v) is 6.44. The molecule has 0 aromatic heterocycles. The Kier molecular flexibility index (Phi) is 5.44. The summed E-state index contributed by atoms with van der Waals surface area (Å²) in [6, 6.07) is 1.18. The second kappa shape index (κ2) is 6.90. The Labute approximate surface area is 123 Å². The summed E-state index contributed by atoms with van der Waals surface area (Å²) in [5.41, 5.74) is -0.455. The molecule has 116 valence electrons. The van der Waals surface area contributed by atoms with Gasteiger partial charge in [-0.2, -0.15) is 0 Å². The quantitative estimate of drug-likeness (QED) is 0.804. The molecule has 1 aliphatic heterocycles. The molecule has 1 aliphatic carbocycles. The highest BCUT2D eigenvalue weighted by Gasteiger charge is 2.45. The largest absolute Gasteiger partial charge is 0.468 e. The molecule has 1 saturated heterocycles. The van der Waals surface area contributed by atoms with E-state index in [0.717, 1.165) is 25.8 Å². The summed E-state index contributed by atoms with van der Waals surface area (Å²) < 4.78 is 5.09. The van der Waals surface area contributed by atoms with Crippen LogP contribution in [0.2, 0.25) is 0 Å². The van der Waals surface area contributed by atoms with E-state index in [1.807, 2.05) is 0 Å². The molecule has 1 heterocycles. The van der Waals surface area contributed by atoms with Gasteiger partial charge >= 0.3 is 5.97 Å². The molecule has 2 rings (SSSR count). The van der Waals surface area contributed by atoms with E-state index in [0.29, 0.717) is 12.1 Å². The fraction of sp³-hybridized carbons (Fsp3) is 0.938. The number of esters is 1. The molecule has 3 unspecified atom stereocenters. The van der Waals surface area contributed by atoms with E-state index >= 15 is 0 Å². The van der Waals surface area contributed by atoms with Gasteiger partial charge in [0.1, 0.15) is 5.54 Å². The third-order valence-corrected chi connectivity index (χ3v) is 5.14. The van der Waals surface area contributed by atoms with Crippen molar-refractivity contribution in [2.24, 2.45) is 0 Å². The first-order chi connectivity index (χ1) is 9.63. The van der Waals surface area contributed by atoms with Crippen LogP contribution in [0.4, 0.5) is 0 Å². The summed E-state index contributed by atoms with van der Waals surface area (Å²) in [6.45, 7) is 6.41. The molecule has 0 amide bonds. The molecule has 4 heteroatoms. The molecule has 20 heavy (non-hydrogen) atoms. The van der Waals surface area contributed by atoms with E-state index in [4.69, 9.17) is 4.74 Å². The lowest BCUT2D eigenvalue weighted by molar-refractivity contribution is -0.151. The number of likely N-dealkylation sites (tertiary alicyclic amines) is 1. The van der Waals surface area contributed by atoms with Crippen molar-refractivity contribution < 1.29 is 9.53 Å². The summed E-state index contributed by atoms with van der Waals surface area (Å²) in [6.07, 6.45) is 8.07. The fourth-order valence-electron chi connectivity index (χ4n) is 4.14. The second-order valence-electron chi connectivity index (χ2n) is 6.44. The summed E-state index contributed by atoms with van der Waals surface area (Å²) in [4.78, 5) is 14.9. The Bertz CT molecular complexity index is 330. The van der Waals surface area contributed by atoms with Gasteiger partial charge in [-0.05, 0) is 58.5 Å². The van der Waals surface area contributed by atoms with E-state index in [2.05, 4.69) is 24.1 Å². The van der Waals surface area contributed by atoms with Crippen LogP contribution in [0.3, 0.4) is 0 Å². The van der Waals surface area contributed by atoms with Crippen LogP contribution in [-0.2, 0) is 9.53 Å². The summed E-state index contributed by atoms with van der Waals surface area (Å²) in [5, 5.41) is 3.43. The zero-order valence-corrected chi connectivity index (χ0v) is 13.3. The van der Waals surface area contributed by atoms with Crippen LogP contribution in [0.25, 0.3) is 0 Å². The van der Waals surface area contributed by atoms with Gasteiger partial charge in [0, 0.05) is 12.1 Å². The van der Waals surface area contributed by atoms with Crippen LogP contribution in [0.5, 0.6) is 0 Å². The number of hydrogen-bond acceptors (Lipinski definition) is 4. The van der Waals surface area contributed by atoms with Gasteiger partial charge in [0.15, 0.2) is 0 Å². The lowest BCUT2D eigenvalue weighted by atomic mass is 9.77. The maximum atomic E-state index is 12.3. The van der Waals surface area contributed by atoms with E-state index in [9.17, 15) is 4.79 Å². The maximum Gasteiger partial charge on any atom is 0.326 e. The minimum Gasteiger partial charge on any atom is -0.468 e. The Morgan fingerprint density at radius 1 is 1.35 bits per heavy atom. The molecule has 1 saturated carbocycles. The summed E-state index contributed by atoms with van der Waals surface area (Å²) in [7, 11) is 1.51. The van der Waals surface area contributed by atoms with Crippen molar-refractivity contribution in [3.63, 3.8) is 0 Å². The Morgan fingerprint density at radius 3 is 2.80 bits per heavy atom. The molecule has 4 nitrogen and oxygen atoms in total. The zero-order chi connectivity index (χ0) is 14.6. The first-order valence-corrected chi connectivity index (χ1v) is 8.22. The minimum absolute atomic E-state index is 0.0753. The zero-order valence-electron chi connectivity index (χ0n) is 13.3. The molecule has 2 fully saturated rings. The monoisotopic (exact) mass is 282 g/mol. The maximum absolute atomic E-state index is 12.3. The van der Waals surface area contributed by atoms with Crippen molar-refractivity contribution in [3.05, 3.63) is 0 Å². The van der Waals surface area contributed by atoms with Crippen molar-refractivity contribution in [2.75, 3.05) is 20.2 Å². The molecule has 0 aromatic rings. The lowest BCUT2D eigenvalue weighted by Crippen LogP contribution is -2.60. The van der Waals surface area contributed by atoms with Gasteiger partial charge < -0.3 is 10.1 Å². The Balaban J connectivity index is 2.10. The summed E-state index contributed by atoms with van der Waals surface area (Å²) in [5.74, 6) is -0.0753. The molecular weight excluding hydrogens is 252 g/mol. The van der Waals surface area contributed by atoms with Crippen molar-refractivity contribution in [1.82, 2.24) is 10.2 Å². The van der Waals surface area contributed by atoms with Crippen LogP contribution in [0.1, 0.15) is 58.8 Å². The van der Waals surface area contributed by atoms with Crippen LogP contribution in [0, 0.1) is 0 Å². The van der Waals surface area contributed by atoms with E-state index in [1.165, 1.54) is 39.3 Å². The molecule has 0 bridgehead atoms. The molecule has 3 atom stereocenters. The van der Waals surface area contributed by atoms with Crippen LogP contribution in [0.15, 0.2) is 0 Å². The van der Waals surface area contributed by atoms with Gasteiger partial charge in [-0.3, -0.25) is 9.69 Å². The SMILES string of the molecule is CCNC1(C(=O)OC)CCCC(N2CCCCC2C)C1. The average molecular weight is 282 g/mol. The average Bonchev–Trinajstić information content (AvgIpc) is 2.47. The topological polar surface area (TPSA) is 41.6 Å². The highest BCUT2D eigenvalue weighted by atomic mass is 16.5. The van der Waals surface area contributed by atoms with Crippen LogP contribution in [-0.4, -0.2) is 48.7 Å². The molecular formula is C16H30N2O2. The number of carbonyl (C=O) groups is 1. The molecule has 2 aliphatic rings. The van der Waals surface area contributed by atoms with Crippen molar-refractivity contribution in [1.29, 1.82) is 0 Å². The first-order valence-electron chi connectivity index (χ1n) is 8.22. The van der Waals surface area contributed by atoms with Gasteiger partial charge in [0.2, 0.25) is 0 Å². The van der Waals surface area contributed by atoms with Gasteiger partial charge in [-0.1, -0.05) is 13.3 Å². The molecule has 0 spiro atoms. The van der Waals surface area contributed by atoms with Gasteiger partial charge in [0.25, 0.3) is 0 Å². The Hall–Kier alpha value is -0.610. The minimum atomic E-state index is -0.455. The number of ether oxygens (including phenoxy) is 1. The first kappa shape index (κ1) is 15.8. The van der Waals surface area contributed by atoms with Crippen molar-refractivity contribution in [2.45, 2.75) is 76.4 Å². The van der Waals surface area contributed by atoms with Gasteiger partial charge in [0.05, 0.1) is 7.11 Å². The van der Waals surface area contributed by atoms with E-state index in [-0.39, 0.29) is 5.97 Å². The molecule has 1 N–H and O–H groups in total. The van der Waals surface area contributed by atoms with E-state index < -0.39 is 5.54 Å². The normalized spacial score (nSPS) is 35.8. The number of likely N-dealkylation sites (N-methyl/N-ethyl adjacent to an activating group) is 1. The molecule has 0 radical (unpaired) electrons. The van der Waals surface area contributed by atoms with Crippen molar-refractivity contribution >= 4 is 5.97 Å². The fourth-order valence-corrected chi connectivity index (χ4v) is 4.14. The smallest absolute Gasteiger partial charge is 0.326 e. The predicted octanol–water partition coefficient (Wildman–Crippen LogP) is 2.32. The number of nitrogens with zero attached hydrogens (tertiary/aromatic N) is 1. The predicted molar refractivity (Wildman–Crippen MR) is 80.7 cm³/mol. The number of methoxy groups -OCH3 is 1. The number of carbonyl (C=O) groups excluding carboxylic acids is 1. The van der Waals surface area contributed by atoms with Gasteiger partial charge in [-0.15, -0.1) is 0 Å². The molecule has 0 aromatic carbocycles.